The van der Waals surface area contributed by atoms with Crippen LogP contribution in [0.3, 0.4) is 0 Å². The van der Waals surface area contributed by atoms with Crippen molar-refractivity contribution in [1.29, 1.82) is 0 Å². The van der Waals surface area contributed by atoms with E-state index in [1.807, 2.05) is 6.07 Å². The smallest absolute Gasteiger partial charge is 0.134 e. The van der Waals surface area contributed by atoms with Crippen molar-refractivity contribution in [3.8, 4) is 17.1 Å². The molecule has 3 aromatic rings. The van der Waals surface area contributed by atoms with E-state index in [1.54, 1.807) is 7.11 Å². The molecule has 0 unspecified atom stereocenters. The Kier molecular flexibility index (Phi) is 6.88. The number of rotatable bonds is 5. The van der Waals surface area contributed by atoms with Crippen LogP contribution in [-0.4, -0.2) is 38.2 Å². The second-order valence-electron chi connectivity index (χ2n) is 7.53. The molecule has 2 heterocycles. The van der Waals surface area contributed by atoms with Gasteiger partial charge in [-0.3, -0.25) is 4.90 Å². The van der Waals surface area contributed by atoms with Gasteiger partial charge in [0, 0.05) is 43.5 Å². The number of halogens is 1. The molecule has 4 rings (SSSR count). The minimum Gasteiger partial charge on any atom is -0.497 e. The number of nitrogens with zero attached hydrogens (tertiary/aromatic N) is 2. The van der Waals surface area contributed by atoms with Gasteiger partial charge in [-0.05, 0) is 55.3 Å². The average Bonchev–Trinajstić information content (AvgIpc) is 3.19. The molecule has 2 aromatic carbocycles. The van der Waals surface area contributed by atoms with Crippen LogP contribution in [0.4, 0.5) is 5.69 Å². The summed E-state index contributed by atoms with van der Waals surface area (Å²) in [6.07, 6.45) is 0. The number of ether oxygens (including phenoxy) is 1. The van der Waals surface area contributed by atoms with Gasteiger partial charge < -0.3 is 14.1 Å². The van der Waals surface area contributed by atoms with E-state index >= 15 is 0 Å². The van der Waals surface area contributed by atoms with Gasteiger partial charge in [0.05, 0.1) is 13.7 Å². The summed E-state index contributed by atoms with van der Waals surface area (Å²) in [5.41, 5.74) is 4.99. The first-order valence-electron chi connectivity index (χ1n) is 9.90. The Bertz CT molecular complexity index is 946. The molecule has 29 heavy (non-hydrogen) atoms. The molecule has 4 nitrogen and oxygen atoms in total. The molecule has 5 heteroatoms. The normalized spacial score (nSPS) is 14.5. The molecule has 0 N–H and O–H groups in total. The van der Waals surface area contributed by atoms with Gasteiger partial charge >= 0.3 is 0 Å². The Morgan fingerprint density at radius 3 is 2.41 bits per heavy atom. The highest BCUT2D eigenvalue weighted by Crippen LogP contribution is 2.26. The number of aryl methyl sites for hydroxylation is 2. The fourth-order valence-electron chi connectivity index (χ4n) is 3.70. The van der Waals surface area contributed by atoms with Crippen LogP contribution in [0.2, 0.25) is 0 Å². The summed E-state index contributed by atoms with van der Waals surface area (Å²) in [5, 5.41) is 0. The molecule has 1 fully saturated rings. The van der Waals surface area contributed by atoms with E-state index in [0.29, 0.717) is 0 Å². The molecule has 1 saturated heterocycles. The molecule has 0 saturated carbocycles. The van der Waals surface area contributed by atoms with Crippen LogP contribution >= 0.6 is 12.4 Å². The predicted molar refractivity (Wildman–Crippen MR) is 121 cm³/mol. The first-order chi connectivity index (χ1) is 13.6. The first-order valence-corrected chi connectivity index (χ1v) is 9.90. The van der Waals surface area contributed by atoms with Gasteiger partial charge in [-0.15, -0.1) is 12.4 Å². The minimum atomic E-state index is 0. The van der Waals surface area contributed by atoms with Crippen LogP contribution in [0, 0.1) is 13.8 Å². The fraction of sp³-hybridized carbons (Fsp3) is 0.333. The standard InChI is InChI=1S/C24H28N2O2.ClH/c1-18-7-8-20(15-19(18)2)24-10-9-23(28-24)17-25-11-13-26(14-12-25)21-5-4-6-22(16-21)27-3;/h4-10,15-16H,11-14,17H2,1-3H3;1H. The lowest BCUT2D eigenvalue weighted by Gasteiger charge is -2.35. The maximum atomic E-state index is 6.14. The van der Waals surface area contributed by atoms with E-state index in [9.17, 15) is 0 Å². The topological polar surface area (TPSA) is 28.9 Å². The monoisotopic (exact) mass is 412 g/mol. The van der Waals surface area contributed by atoms with Gasteiger partial charge in [-0.2, -0.15) is 0 Å². The van der Waals surface area contributed by atoms with E-state index in [0.717, 1.165) is 55.6 Å². The third kappa shape index (κ3) is 4.95. The van der Waals surface area contributed by atoms with Crippen LogP contribution in [0.25, 0.3) is 11.3 Å². The lowest BCUT2D eigenvalue weighted by Crippen LogP contribution is -2.45. The third-order valence-corrected chi connectivity index (χ3v) is 5.62. The highest BCUT2D eigenvalue weighted by molar-refractivity contribution is 5.85. The molecule has 0 bridgehead atoms. The molecule has 1 aromatic heterocycles. The zero-order valence-electron chi connectivity index (χ0n) is 17.4. The average molecular weight is 413 g/mol. The Labute approximate surface area is 179 Å². The van der Waals surface area contributed by atoms with Gasteiger partial charge in [-0.25, -0.2) is 0 Å². The molecule has 0 aliphatic carbocycles. The van der Waals surface area contributed by atoms with E-state index in [1.165, 1.54) is 16.8 Å². The van der Waals surface area contributed by atoms with Crippen molar-refractivity contribution in [3.05, 3.63) is 71.5 Å². The van der Waals surface area contributed by atoms with Crippen molar-refractivity contribution in [2.45, 2.75) is 20.4 Å². The number of hydrogen-bond donors (Lipinski definition) is 0. The van der Waals surface area contributed by atoms with Crippen molar-refractivity contribution < 1.29 is 9.15 Å². The Balaban J connectivity index is 0.00000240. The number of anilines is 1. The number of methoxy groups -OCH3 is 1. The Morgan fingerprint density at radius 1 is 0.897 bits per heavy atom. The van der Waals surface area contributed by atoms with Crippen LogP contribution in [-0.2, 0) is 6.54 Å². The minimum absolute atomic E-state index is 0. The highest BCUT2D eigenvalue weighted by Gasteiger charge is 2.19. The summed E-state index contributed by atoms with van der Waals surface area (Å²) in [6.45, 7) is 9.21. The quantitative estimate of drug-likeness (QED) is 0.567. The van der Waals surface area contributed by atoms with Crippen molar-refractivity contribution in [1.82, 2.24) is 4.90 Å². The maximum Gasteiger partial charge on any atom is 0.134 e. The first kappa shape index (κ1) is 21.3. The largest absolute Gasteiger partial charge is 0.497 e. The molecule has 0 amide bonds. The summed E-state index contributed by atoms with van der Waals surface area (Å²) < 4.78 is 11.5. The van der Waals surface area contributed by atoms with Gasteiger partial charge in [0.2, 0.25) is 0 Å². The van der Waals surface area contributed by atoms with Gasteiger partial charge in [-0.1, -0.05) is 18.2 Å². The number of benzene rings is 2. The zero-order chi connectivity index (χ0) is 19.5. The molecular weight excluding hydrogens is 384 g/mol. The highest BCUT2D eigenvalue weighted by atomic mass is 35.5. The summed E-state index contributed by atoms with van der Waals surface area (Å²) in [7, 11) is 1.71. The lowest BCUT2D eigenvalue weighted by atomic mass is 10.1. The second-order valence-corrected chi connectivity index (χ2v) is 7.53. The van der Waals surface area contributed by atoms with Crippen LogP contribution in [0.15, 0.2) is 59.0 Å². The van der Waals surface area contributed by atoms with E-state index in [4.69, 9.17) is 9.15 Å². The van der Waals surface area contributed by atoms with Crippen molar-refractivity contribution in [3.63, 3.8) is 0 Å². The Morgan fingerprint density at radius 2 is 1.69 bits per heavy atom. The van der Waals surface area contributed by atoms with Crippen molar-refractivity contribution in [2.75, 3.05) is 38.2 Å². The molecule has 0 radical (unpaired) electrons. The molecule has 0 atom stereocenters. The van der Waals surface area contributed by atoms with E-state index in [2.05, 4.69) is 72.2 Å². The second kappa shape index (κ2) is 9.38. The molecular formula is C24H29ClN2O2. The summed E-state index contributed by atoms with van der Waals surface area (Å²) in [5.74, 6) is 2.89. The zero-order valence-corrected chi connectivity index (χ0v) is 18.2. The number of furan rings is 1. The SMILES string of the molecule is COc1cccc(N2CCN(Cc3ccc(-c4ccc(C)c(C)c4)o3)CC2)c1.Cl. The molecule has 1 aliphatic heterocycles. The van der Waals surface area contributed by atoms with Crippen LogP contribution in [0.5, 0.6) is 5.75 Å². The van der Waals surface area contributed by atoms with E-state index < -0.39 is 0 Å². The van der Waals surface area contributed by atoms with Gasteiger partial charge in [0.25, 0.3) is 0 Å². The predicted octanol–water partition coefficient (Wildman–Crippen LogP) is 5.32. The molecule has 1 aliphatic rings. The molecule has 154 valence electrons. The van der Waals surface area contributed by atoms with Crippen molar-refractivity contribution in [2.24, 2.45) is 0 Å². The fourth-order valence-corrected chi connectivity index (χ4v) is 3.70. The summed E-state index contributed by atoms with van der Waals surface area (Å²) >= 11 is 0. The summed E-state index contributed by atoms with van der Waals surface area (Å²) in [4.78, 5) is 4.88. The molecule has 0 spiro atoms. The third-order valence-electron chi connectivity index (χ3n) is 5.62. The van der Waals surface area contributed by atoms with Crippen LogP contribution < -0.4 is 9.64 Å². The van der Waals surface area contributed by atoms with Gasteiger partial charge in [0.15, 0.2) is 0 Å². The summed E-state index contributed by atoms with van der Waals surface area (Å²) in [6, 6.07) is 19.0. The van der Waals surface area contributed by atoms with Gasteiger partial charge in [0.1, 0.15) is 17.3 Å². The lowest BCUT2D eigenvalue weighted by molar-refractivity contribution is 0.231. The Hall–Kier alpha value is -2.43. The van der Waals surface area contributed by atoms with Crippen molar-refractivity contribution >= 4 is 18.1 Å². The number of hydrogen-bond acceptors (Lipinski definition) is 4. The van der Waals surface area contributed by atoms with Crippen LogP contribution in [0.1, 0.15) is 16.9 Å². The maximum absolute atomic E-state index is 6.14. The van der Waals surface area contributed by atoms with E-state index in [-0.39, 0.29) is 12.4 Å². The number of piperazine rings is 1.